The van der Waals surface area contributed by atoms with Crippen molar-refractivity contribution in [2.75, 3.05) is 13.7 Å². The Balaban J connectivity index is 2.00. The molecular formula is C9H13NO3. The molecule has 0 aromatic carbocycles. The highest BCUT2D eigenvalue weighted by molar-refractivity contribution is 5.86. The van der Waals surface area contributed by atoms with Crippen molar-refractivity contribution in [1.82, 2.24) is 4.90 Å². The third-order valence-corrected chi connectivity index (χ3v) is 3.01. The maximum absolute atomic E-state index is 11.5. The summed E-state index contributed by atoms with van der Waals surface area (Å²) in [6.07, 6.45) is 2.99. The van der Waals surface area contributed by atoms with Crippen molar-refractivity contribution >= 4 is 11.9 Å². The topological polar surface area (TPSA) is 46.6 Å². The van der Waals surface area contributed by atoms with Crippen molar-refractivity contribution < 1.29 is 14.3 Å². The van der Waals surface area contributed by atoms with Gasteiger partial charge in [-0.1, -0.05) is 0 Å². The van der Waals surface area contributed by atoms with Crippen LogP contribution in [0, 0.1) is 5.92 Å². The first-order valence-corrected chi connectivity index (χ1v) is 4.59. The number of rotatable bonds is 2. The van der Waals surface area contributed by atoms with E-state index in [9.17, 15) is 9.59 Å². The number of fused-ring (bicyclic) bond motifs is 2. The molecule has 2 bridgehead atoms. The molecule has 0 N–H and O–H groups in total. The van der Waals surface area contributed by atoms with Gasteiger partial charge in [-0.05, 0) is 19.3 Å². The lowest BCUT2D eigenvalue weighted by Gasteiger charge is -2.25. The van der Waals surface area contributed by atoms with Gasteiger partial charge in [0.05, 0.1) is 7.11 Å². The summed E-state index contributed by atoms with van der Waals surface area (Å²) < 4.78 is 4.54. The Kier molecular flexibility index (Phi) is 1.98. The predicted octanol–water partition coefficient (Wildman–Crippen LogP) is 0.170. The van der Waals surface area contributed by atoms with Gasteiger partial charge in [-0.25, -0.2) is 0 Å². The highest BCUT2D eigenvalue weighted by Gasteiger charge is 2.45. The molecule has 1 saturated heterocycles. The average Bonchev–Trinajstić information content (AvgIpc) is 2.69. The van der Waals surface area contributed by atoms with Gasteiger partial charge in [0.25, 0.3) is 0 Å². The van der Waals surface area contributed by atoms with Gasteiger partial charge in [0.2, 0.25) is 5.91 Å². The fraction of sp³-hybridized carbons (Fsp3) is 0.778. The normalized spacial score (nSPS) is 31.2. The van der Waals surface area contributed by atoms with Crippen LogP contribution in [0.25, 0.3) is 0 Å². The largest absolute Gasteiger partial charge is 0.468 e. The van der Waals surface area contributed by atoms with Crippen LogP contribution in [-0.2, 0) is 14.3 Å². The zero-order valence-electron chi connectivity index (χ0n) is 7.66. The van der Waals surface area contributed by atoms with Crippen molar-refractivity contribution in [3.05, 3.63) is 0 Å². The minimum absolute atomic E-state index is 0.135. The number of likely N-dealkylation sites (tertiary alicyclic amines) is 1. The lowest BCUT2D eigenvalue weighted by Crippen LogP contribution is -2.40. The van der Waals surface area contributed by atoms with Crippen LogP contribution in [0.5, 0.6) is 0 Å². The van der Waals surface area contributed by atoms with Crippen molar-refractivity contribution in [3.63, 3.8) is 0 Å². The Morgan fingerprint density at radius 1 is 1.62 bits per heavy atom. The third-order valence-electron chi connectivity index (χ3n) is 3.01. The number of ether oxygens (including phenoxy) is 1. The zero-order chi connectivity index (χ0) is 9.42. The summed E-state index contributed by atoms with van der Waals surface area (Å²) in [5.74, 6) is 0.0113. The first-order chi connectivity index (χ1) is 6.22. The number of hydrogen-bond donors (Lipinski definition) is 0. The molecule has 2 fully saturated rings. The Hall–Kier alpha value is -1.06. The van der Waals surface area contributed by atoms with E-state index in [1.807, 2.05) is 0 Å². The smallest absolute Gasteiger partial charge is 0.325 e. The predicted molar refractivity (Wildman–Crippen MR) is 44.9 cm³/mol. The molecule has 1 amide bonds. The third kappa shape index (κ3) is 1.30. The van der Waals surface area contributed by atoms with Crippen molar-refractivity contribution in [2.24, 2.45) is 5.92 Å². The molecule has 4 heteroatoms. The van der Waals surface area contributed by atoms with E-state index >= 15 is 0 Å². The Bertz CT molecular complexity index is 251. The first-order valence-electron chi connectivity index (χ1n) is 4.59. The van der Waals surface area contributed by atoms with Gasteiger partial charge < -0.3 is 9.64 Å². The van der Waals surface area contributed by atoms with E-state index in [1.54, 1.807) is 4.90 Å². The molecule has 13 heavy (non-hydrogen) atoms. The molecule has 4 nitrogen and oxygen atoms in total. The Labute approximate surface area is 76.8 Å². The summed E-state index contributed by atoms with van der Waals surface area (Å²) in [5.41, 5.74) is 0. The van der Waals surface area contributed by atoms with Crippen LogP contribution in [0.2, 0.25) is 0 Å². The lowest BCUT2D eigenvalue weighted by molar-refractivity contribution is -0.148. The van der Waals surface area contributed by atoms with Crippen LogP contribution in [0.15, 0.2) is 0 Å². The number of piperidine rings is 1. The molecule has 0 aromatic heterocycles. The van der Waals surface area contributed by atoms with E-state index in [4.69, 9.17) is 0 Å². The molecule has 2 unspecified atom stereocenters. The molecule has 1 aliphatic carbocycles. The monoisotopic (exact) mass is 183 g/mol. The Morgan fingerprint density at radius 3 is 2.92 bits per heavy atom. The highest BCUT2D eigenvalue weighted by atomic mass is 16.5. The molecule has 2 rings (SSSR count). The number of carbonyl (C=O) groups is 2. The number of methoxy groups -OCH3 is 1. The minimum atomic E-state index is -0.319. The molecular weight excluding hydrogens is 170 g/mol. The maximum Gasteiger partial charge on any atom is 0.325 e. The summed E-state index contributed by atoms with van der Waals surface area (Å²) in [7, 11) is 1.35. The summed E-state index contributed by atoms with van der Waals surface area (Å²) >= 11 is 0. The highest BCUT2D eigenvalue weighted by Crippen LogP contribution is 2.38. The quantitative estimate of drug-likeness (QED) is 0.573. The van der Waals surface area contributed by atoms with E-state index in [-0.39, 0.29) is 24.3 Å². The number of amides is 1. The molecule has 0 spiro atoms. The molecule has 72 valence electrons. The van der Waals surface area contributed by atoms with Crippen LogP contribution < -0.4 is 0 Å². The number of nitrogens with zero attached hydrogens (tertiary/aromatic N) is 1. The molecule has 1 aliphatic heterocycles. The van der Waals surface area contributed by atoms with E-state index in [1.165, 1.54) is 7.11 Å². The summed E-state index contributed by atoms with van der Waals surface area (Å²) in [6, 6.07) is 0.302. The van der Waals surface area contributed by atoms with Gasteiger partial charge in [0, 0.05) is 12.0 Å². The molecule has 0 aromatic rings. The molecule has 2 aliphatic rings. The number of carbonyl (C=O) groups excluding carboxylic acids is 2. The van der Waals surface area contributed by atoms with Crippen molar-refractivity contribution in [1.29, 1.82) is 0 Å². The van der Waals surface area contributed by atoms with Gasteiger partial charge in [0.1, 0.15) is 6.54 Å². The van der Waals surface area contributed by atoms with Crippen LogP contribution in [0.1, 0.15) is 19.3 Å². The second kappa shape index (κ2) is 3.01. The minimum Gasteiger partial charge on any atom is -0.468 e. The molecule has 1 saturated carbocycles. The second-order valence-corrected chi connectivity index (χ2v) is 3.71. The van der Waals surface area contributed by atoms with Crippen LogP contribution in [0.3, 0.4) is 0 Å². The number of hydrogen-bond acceptors (Lipinski definition) is 3. The molecule has 0 radical (unpaired) electrons. The summed E-state index contributed by atoms with van der Waals surface area (Å²) in [4.78, 5) is 24.2. The van der Waals surface area contributed by atoms with Gasteiger partial charge in [-0.3, -0.25) is 9.59 Å². The second-order valence-electron chi connectivity index (χ2n) is 3.71. The fourth-order valence-electron chi connectivity index (χ4n) is 2.29. The SMILES string of the molecule is COC(=O)CN1C(=O)C2CCC1C2. The Morgan fingerprint density at radius 2 is 2.38 bits per heavy atom. The summed E-state index contributed by atoms with van der Waals surface area (Å²) in [6.45, 7) is 0.135. The van der Waals surface area contributed by atoms with Gasteiger partial charge in [0.15, 0.2) is 0 Å². The van der Waals surface area contributed by atoms with E-state index in [0.29, 0.717) is 6.04 Å². The average molecular weight is 183 g/mol. The summed E-state index contributed by atoms with van der Waals surface area (Å²) in [5, 5.41) is 0. The van der Waals surface area contributed by atoms with E-state index < -0.39 is 0 Å². The number of esters is 1. The van der Waals surface area contributed by atoms with Crippen LogP contribution >= 0.6 is 0 Å². The van der Waals surface area contributed by atoms with E-state index in [0.717, 1.165) is 19.3 Å². The van der Waals surface area contributed by atoms with Gasteiger partial charge in [-0.2, -0.15) is 0 Å². The van der Waals surface area contributed by atoms with Crippen molar-refractivity contribution in [3.8, 4) is 0 Å². The lowest BCUT2D eigenvalue weighted by atomic mass is 10.1. The van der Waals surface area contributed by atoms with Crippen molar-refractivity contribution in [2.45, 2.75) is 25.3 Å². The van der Waals surface area contributed by atoms with Crippen LogP contribution in [-0.4, -0.2) is 36.5 Å². The maximum atomic E-state index is 11.5. The van der Waals surface area contributed by atoms with Gasteiger partial charge in [-0.15, -0.1) is 0 Å². The molecule has 2 atom stereocenters. The van der Waals surface area contributed by atoms with Gasteiger partial charge >= 0.3 is 5.97 Å². The standard InChI is InChI=1S/C9H13NO3/c1-13-8(11)5-10-7-3-2-6(4-7)9(10)12/h6-7H,2-5H2,1H3. The van der Waals surface area contributed by atoms with Crippen LogP contribution in [0.4, 0.5) is 0 Å². The molecule has 1 heterocycles. The first kappa shape index (κ1) is 8.53. The van der Waals surface area contributed by atoms with E-state index in [2.05, 4.69) is 4.74 Å². The fourth-order valence-corrected chi connectivity index (χ4v) is 2.29. The zero-order valence-corrected chi connectivity index (χ0v) is 7.66.